The van der Waals surface area contributed by atoms with Gasteiger partial charge >= 0.3 is 0 Å². The van der Waals surface area contributed by atoms with E-state index < -0.39 is 12.0 Å². The molecule has 0 bridgehead atoms. The number of carbonyl (C=O) groups excluding carboxylic acids is 1. The fourth-order valence-corrected chi connectivity index (χ4v) is 2.17. The summed E-state index contributed by atoms with van der Waals surface area (Å²) in [5, 5.41) is 3.41. The number of hydrogen-bond donors (Lipinski definition) is 2. The zero-order valence-corrected chi connectivity index (χ0v) is 14.1. The Balaban J connectivity index is 2.96. The molecule has 1 aromatic rings. The van der Waals surface area contributed by atoms with Gasteiger partial charge in [-0.2, -0.15) is 0 Å². The normalized spacial score (nSPS) is 13.1. The number of para-hydroxylation sites is 1. The van der Waals surface area contributed by atoms with Crippen molar-refractivity contribution in [2.24, 2.45) is 5.73 Å². The lowest BCUT2D eigenvalue weighted by Crippen LogP contribution is -2.36. The van der Waals surface area contributed by atoms with Crippen LogP contribution in [0.1, 0.15) is 39.7 Å². The minimum atomic E-state index is -0.609. The van der Waals surface area contributed by atoms with Crippen LogP contribution in [0.15, 0.2) is 22.7 Å². The molecule has 5 heteroatoms. The molecular formula is C15H23BrN2O2. The zero-order chi connectivity index (χ0) is 15.3. The van der Waals surface area contributed by atoms with Gasteiger partial charge < -0.3 is 15.8 Å². The Kier molecular flexibility index (Phi) is 6.02. The fraction of sp³-hybridized carbons (Fsp3) is 0.533. The Labute approximate surface area is 129 Å². The van der Waals surface area contributed by atoms with Gasteiger partial charge in [-0.05, 0) is 49.2 Å². The molecule has 4 nitrogen and oxygen atoms in total. The van der Waals surface area contributed by atoms with Crippen molar-refractivity contribution in [2.75, 3.05) is 0 Å². The standard InChI is InChI=1S/C15H23BrN2O2/c1-5-12(14(17)19)20-13-10(7-6-8-11(13)16)9-18-15(2,3)4/h6-8,12,18H,5,9H2,1-4H3,(H2,17,19). The second-order valence-corrected chi connectivity index (χ2v) is 6.60. The van der Waals surface area contributed by atoms with E-state index in [-0.39, 0.29) is 5.54 Å². The smallest absolute Gasteiger partial charge is 0.258 e. The molecule has 0 saturated heterocycles. The van der Waals surface area contributed by atoms with E-state index in [9.17, 15) is 4.79 Å². The lowest BCUT2D eigenvalue weighted by molar-refractivity contribution is -0.124. The highest BCUT2D eigenvalue weighted by atomic mass is 79.9. The Morgan fingerprint density at radius 2 is 2.10 bits per heavy atom. The molecule has 0 saturated carbocycles. The first-order chi connectivity index (χ1) is 9.24. The molecule has 0 fully saturated rings. The van der Waals surface area contributed by atoms with Gasteiger partial charge in [-0.3, -0.25) is 4.79 Å². The molecular weight excluding hydrogens is 320 g/mol. The lowest BCUT2D eigenvalue weighted by Gasteiger charge is -2.23. The Morgan fingerprint density at radius 3 is 2.60 bits per heavy atom. The molecule has 1 aromatic carbocycles. The lowest BCUT2D eigenvalue weighted by atomic mass is 10.1. The van der Waals surface area contributed by atoms with Gasteiger partial charge in [-0.15, -0.1) is 0 Å². The molecule has 1 atom stereocenters. The van der Waals surface area contributed by atoms with Gasteiger partial charge in [0.1, 0.15) is 5.75 Å². The monoisotopic (exact) mass is 342 g/mol. The van der Waals surface area contributed by atoms with Crippen molar-refractivity contribution in [3.63, 3.8) is 0 Å². The number of primary amides is 1. The molecule has 1 rings (SSSR count). The summed E-state index contributed by atoms with van der Waals surface area (Å²) in [5.41, 5.74) is 6.35. The van der Waals surface area contributed by atoms with E-state index in [4.69, 9.17) is 10.5 Å². The van der Waals surface area contributed by atoms with Crippen LogP contribution in [0.3, 0.4) is 0 Å². The van der Waals surface area contributed by atoms with Crippen molar-refractivity contribution in [1.82, 2.24) is 5.32 Å². The highest BCUT2D eigenvalue weighted by molar-refractivity contribution is 9.10. The first-order valence-corrected chi connectivity index (χ1v) is 7.52. The van der Waals surface area contributed by atoms with Gasteiger partial charge in [0.05, 0.1) is 4.47 Å². The largest absolute Gasteiger partial charge is 0.479 e. The van der Waals surface area contributed by atoms with Crippen LogP contribution in [-0.2, 0) is 11.3 Å². The fourth-order valence-electron chi connectivity index (χ4n) is 1.67. The molecule has 0 aliphatic heterocycles. The van der Waals surface area contributed by atoms with Crippen LogP contribution in [0.5, 0.6) is 5.75 Å². The van der Waals surface area contributed by atoms with E-state index in [1.807, 2.05) is 25.1 Å². The number of nitrogens with one attached hydrogen (secondary N) is 1. The molecule has 0 spiro atoms. The molecule has 1 unspecified atom stereocenters. The molecule has 0 aliphatic rings. The summed E-state index contributed by atoms with van der Waals surface area (Å²) in [6.07, 6.45) is -0.0647. The van der Waals surface area contributed by atoms with E-state index in [1.165, 1.54) is 0 Å². The molecule has 112 valence electrons. The first kappa shape index (κ1) is 17.0. The van der Waals surface area contributed by atoms with Gasteiger partial charge in [0.2, 0.25) is 0 Å². The summed E-state index contributed by atoms with van der Waals surface area (Å²) in [7, 11) is 0. The van der Waals surface area contributed by atoms with E-state index in [1.54, 1.807) is 0 Å². The van der Waals surface area contributed by atoms with Gasteiger partial charge in [0.15, 0.2) is 6.10 Å². The number of nitrogens with two attached hydrogens (primary N) is 1. The summed E-state index contributed by atoms with van der Waals surface area (Å²) >= 11 is 3.47. The maximum Gasteiger partial charge on any atom is 0.258 e. The van der Waals surface area contributed by atoms with Crippen LogP contribution >= 0.6 is 15.9 Å². The minimum Gasteiger partial charge on any atom is -0.479 e. The summed E-state index contributed by atoms with van der Waals surface area (Å²) in [6, 6.07) is 5.82. The Bertz CT molecular complexity index is 469. The summed E-state index contributed by atoms with van der Waals surface area (Å²) in [4.78, 5) is 11.3. The molecule has 0 aromatic heterocycles. The van der Waals surface area contributed by atoms with Crippen molar-refractivity contribution in [3.8, 4) is 5.75 Å². The zero-order valence-electron chi connectivity index (χ0n) is 12.5. The van der Waals surface area contributed by atoms with Gasteiger partial charge in [-0.25, -0.2) is 0 Å². The molecule has 20 heavy (non-hydrogen) atoms. The number of benzene rings is 1. The number of amides is 1. The predicted octanol–water partition coefficient (Wildman–Crippen LogP) is 2.98. The van der Waals surface area contributed by atoms with Crippen LogP contribution in [-0.4, -0.2) is 17.6 Å². The van der Waals surface area contributed by atoms with Crippen LogP contribution in [0.4, 0.5) is 0 Å². The summed E-state index contributed by atoms with van der Waals surface area (Å²) in [6.45, 7) is 8.84. The van der Waals surface area contributed by atoms with E-state index in [0.29, 0.717) is 18.7 Å². The Morgan fingerprint density at radius 1 is 1.45 bits per heavy atom. The molecule has 1 amide bonds. The Hall–Kier alpha value is -1.07. The van der Waals surface area contributed by atoms with Crippen molar-refractivity contribution >= 4 is 21.8 Å². The third kappa shape index (κ3) is 5.13. The van der Waals surface area contributed by atoms with Crippen molar-refractivity contribution in [1.29, 1.82) is 0 Å². The van der Waals surface area contributed by atoms with Crippen molar-refractivity contribution in [3.05, 3.63) is 28.2 Å². The summed E-state index contributed by atoms with van der Waals surface area (Å²) < 4.78 is 6.62. The number of rotatable bonds is 6. The third-order valence-electron chi connectivity index (χ3n) is 2.81. The van der Waals surface area contributed by atoms with Crippen LogP contribution in [0.25, 0.3) is 0 Å². The summed E-state index contributed by atoms with van der Waals surface area (Å²) in [5.74, 6) is 0.230. The van der Waals surface area contributed by atoms with Crippen molar-refractivity contribution < 1.29 is 9.53 Å². The average Bonchev–Trinajstić information content (AvgIpc) is 2.33. The molecule has 0 radical (unpaired) electrons. The second kappa shape index (κ2) is 7.09. The van der Waals surface area contributed by atoms with Crippen LogP contribution in [0.2, 0.25) is 0 Å². The van der Waals surface area contributed by atoms with Gasteiger partial charge in [0.25, 0.3) is 5.91 Å². The maximum atomic E-state index is 11.3. The predicted molar refractivity (Wildman–Crippen MR) is 84.6 cm³/mol. The van der Waals surface area contributed by atoms with Gasteiger partial charge in [0, 0.05) is 17.6 Å². The topological polar surface area (TPSA) is 64.3 Å². The molecule has 3 N–H and O–H groups in total. The van der Waals surface area contributed by atoms with E-state index in [2.05, 4.69) is 42.0 Å². The first-order valence-electron chi connectivity index (χ1n) is 6.73. The highest BCUT2D eigenvalue weighted by Gasteiger charge is 2.19. The third-order valence-corrected chi connectivity index (χ3v) is 3.43. The number of carbonyl (C=O) groups is 1. The van der Waals surface area contributed by atoms with Gasteiger partial charge in [-0.1, -0.05) is 19.1 Å². The number of ether oxygens (including phenoxy) is 1. The average molecular weight is 343 g/mol. The van der Waals surface area contributed by atoms with E-state index >= 15 is 0 Å². The minimum absolute atomic E-state index is 0.00737. The second-order valence-electron chi connectivity index (χ2n) is 5.75. The molecule has 0 heterocycles. The van der Waals surface area contributed by atoms with E-state index in [0.717, 1.165) is 10.0 Å². The van der Waals surface area contributed by atoms with Crippen molar-refractivity contribution in [2.45, 2.75) is 52.3 Å². The SMILES string of the molecule is CCC(Oc1c(Br)cccc1CNC(C)(C)C)C(N)=O. The quantitative estimate of drug-likeness (QED) is 0.835. The molecule has 0 aliphatic carbocycles. The maximum absolute atomic E-state index is 11.3. The highest BCUT2D eigenvalue weighted by Crippen LogP contribution is 2.30. The number of hydrogen-bond acceptors (Lipinski definition) is 3. The van der Waals surface area contributed by atoms with Crippen LogP contribution < -0.4 is 15.8 Å². The van der Waals surface area contributed by atoms with Crippen LogP contribution in [0, 0.1) is 0 Å². The number of halogens is 1.